The van der Waals surface area contributed by atoms with Crippen molar-refractivity contribution in [2.75, 3.05) is 19.8 Å². The van der Waals surface area contributed by atoms with Gasteiger partial charge in [-0.3, -0.25) is 4.57 Å². The fourth-order valence-corrected chi connectivity index (χ4v) is 8.21. The van der Waals surface area contributed by atoms with Crippen molar-refractivity contribution >= 4 is 56.3 Å². The first kappa shape index (κ1) is 36.5. The molecule has 1 heterocycles. The molecule has 0 saturated heterocycles. The smallest absolute Gasteiger partial charge is 0.412 e. The summed E-state index contributed by atoms with van der Waals surface area (Å²) in [4.78, 5) is -0.912. The average Bonchev–Trinajstić information content (AvgIpc) is 3.15. The van der Waals surface area contributed by atoms with E-state index in [9.17, 15) is 35.5 Å². The number of nitrogens with one attached hydrogen (secondary N) is 1. The standard InChI is InChI=1S/C23H29BrF8NO5PS2/c1-6-37-39(34,38-7-2)23(31,32)19-16(24)14-11-13(18(22(28,29)30)33-41(35)20(3,4)5)12-15(17(14)40-19)36-10-8-9-21(25,26)27/h11-12,18,33H,6-10H2,1-5H3. The summed E-state index contributed by atoms with van der Waals surface area (Å²) in [7, 11) is -5.13. The van der Waals surface area contributed by atoms with Crippen molar-refractivity contribution in [3.63, 3.8) is 0 Å². The van der Waals surface area contributed by atoms with E-state index in [2.05, 4.69) is 15.9 Å². The van der Waals surface area contributed by atoms with Crippen LogP contribution in [0.5, 0.6) is 5.75 Å². The molecule has 236 valence electrons. The monoisotopic (exact) mass is 725 g/mol. The third-order valence-corrected chi connectivity index (χ3v) is 11.4. The van der Waals surface area contributed by atoms with Gasteiger partial charge < -0.3 is 18.3 Å². The van der Waals surface area contributed by atoms with Crippen LogP contribution in [-0.4, -0.2) is 41.5 Å². The van der Waals surface area contributed by atoms with Crippen LogP contribution in [0, 0.1) is 0 Å². The molecule has 1 aromatic heterocycles. The minimum absolute atomic E-state index is 0.153. The number of hydrogen-bond donors (Lipinski definition) is 1. The van der Waals surface area contributed by atoms with Gasteiger partial charge in [-0.15, -0.1) is 16.1 Å². The first-order chi connectivity index (χ1) is 18.6. The first-order valence-corrected chi connectivity index (χ1v) is 16.4. The van der Waals surface area contributed by atoms with E-state index < -0.39 is 101 Å². The van der Waals surface area contributed by atoms with Crippen LogP contribution in [0.25, 0.3) is 10.1 Å². The molecule has 0 bridgehead atoms. The highest BCUT2D eigenvalue weighted by atomic mass is 79.9. The van der Waals surface area contributed by atoms with E-state index in [4.69, 9.17) is 13.8 Å². The summed E-state index contributed by atoms with van der Waals surface area (Å²) in [5, 5.41) is -0.231. The topological polar surface area (TPSA) is 79.9 Å². The molecular weight excluding hydrogens is 697 g/mol. The molecule has 0 aliphatic rings. The van der Waals surface area contributed by atoms with E-state index in [1.807, 2.05) is 4.72 Å². The van der Waals surface area contributed by atoms with Crippen LogP contribution < -0.4 is 9.46 Å². The molecule has 0 radical (unpaired) electrons. The van der Waals surface area contributed by atoms with Gasteiger partial charge in [-0.25, -0.2) is 0 Å². The highest BCUT2D eigenvalue weighted by molar-refractivity contribution is 9.10. The lowest BCUT2D eigenvalue weighted by atomic mass is 10.0. The van der Waals surface area contributed by atoms with Crippen molar-refractivity contribution < 1.29 is 58.0 Å². The number of hydrogen-bond acceptors (Lipinski definition) is 7. The van der Waals surface area contributed by atoms with E-state index in [0.717, 1.165) is 12.1 Å². The van der Waals surface area contributed by atoms with E-state index in [1.54, 1.807) is 0 Å². The van der Waals surface area contributed by atoms with Crippen LogP contribution >= 0.6 is 34.9 Å². The van der Waals surface area contributed by atoms with E-state index >= 15 is 8.78 Å². The molecule has 0 saturated carbocycles. The van der Waals surface area contributed by atoms with Crippen LogP contribution in [0.3, 0.4) is 0 Å². The summed E-state index contributed by atoms with van der Waals surface area (Å²) in [6, 6.07) is -0.815. The molecule has 1 aromatic carbocycles. The normalized spacial score (nSPS) is 15.4. The van der Waals surface area contributed by atoms with Gasteiger partial charge in [0, 0.05) is 27.6 Å². The van der Waals surface area contributed by atoms with Gasteiger partial charge in [0.1, 0.15) is 15.4 Å². The molecule has 2 aromatic rings. The van der Waals surface area contributed by atoms with Gasteiger partial charge in [0.05, 0.1) is 24.5 Å². The molecule has 41 heavy (non-hydrogen) atoms. The molecule has 18 heteroatoms. The second-order valence-corrected chi connectivity index (χ2v) is 15.4. The lowest BCUT2D eigenvalue weighted by Crippen LogP contribution is -2.45. The van der Waals surface area contributed by atoms with Crippen molar-refractivity contribution in [1.82, 2.24) is 4.72 Å². The first-order valence-electron chi connectivity index (χ1n) is 12.1. The predicted molar refractivity (Wildman–Crippen MR) is 145 cm³/mol. The predicted octanol–water partition coefficient (Wildman–Crippen LogP) is 9.36. The number of ether oxygens (including phenoxy) is 1. The van der Waals surface area contributed by atoms with E-state index in [0.29, 0.717) is 11.3 Å². The van der Waals surface area contributed by atoms with Crippen molar-refractivity contribution in [3.8, 4) is 5.75 Å². The third kappa shape index (κ3) is 8.93. The molecule has 0 spiro atoms. The second kappa shape index (κ2) is 13.5. The van der Waals surface area contributed by atoms with Crippen LogP contribution in [0.2, 0.25) is 0 Å². The second-order valence-electron chi connectivity index (χ2n) is 9.56. The Kier molecular flexibility index (Phi) is 12.1. The highest BCUT2D eigenvalue weighted by Crippen LogP contribution is 2.69. The molecule has 1 N–H and O–H groups in total. The SMILES string of the molecule is CCOP(=O)(OCC)C(F)(F)c1sc2c(OCCCC(F)(F)F)cc(C(N[S+]([O-])C(C)(C)C)C(F)(F)F)cc2c1Br. The number of alkyl halides is 8. The van der Waals surface area contributed by atoms with Crippen LogP contribution in [0.4, 0.5) is 35.1 Å². The minimum Gasteiger partial charge on any atom is -0.598 e. The summed E-state index contributed by atoms with van der Waals surface area (Å²) in [5.74, 6) is -0.423. The maximum Gasteiger partial charge on any atom is 0.412 e. The Morgan fingerprint density at radius 2 is 1.61 bits per heavy atom. The number of rotatable bonds is 13. The van der Waals surface area contributed by atoms with Gasteiger partial charge in [0.2, 0.25) is 0 Å². The molecule has 6 nitrogen and oxygen atoms in total. The molecule has 2 atom stereocenters. The summed E-state index contributed by atoms with van der Waals surface area (Å²) in [5.41, 5.74) is -4.87. The van der Waals surface area contributed by atoms with Gasteiger partial charge >= 0.3 is 25.6 Å². The van der Waals surface area contributed by atoms with Crippen LogP contribution in [-0.2, 0) is 30.6 Å². The summed E-state index contributed by atoms with van der Waals surface area (Å²) < 4.78 is 153. The van der Waals surface area contributed by atoms with Crippen molar-refractivity contribution in [2.24, 2.45) is 0 Å². The van der Waals surface area contributed by atoms with Crippen molar-refractivity contribution in [2.45, 2.75) is 76.3 Å². The fraction of sp³-hybridized carbons (Fsp3) is 0.652. The van der Waals surface area contributed by atoms with Gasteiger partial charge in [0.25, 0.3) is 0 Å². The number of fused-ring (bicyclic) bond motifs is 1. The molecule has 0 aliphatic carbocycles. The number of halogens is 9. The highest BCUT2D eigenvalue weighted by Gasteiger charge is 2.57. The third-order valence-electron chi connectivity index (χ3n) is 5.24. The van der Waals surface area contributed by atoms with Crippen LogP contribution in [0.1, 0.15) is 63.9 Å². The van der Waals surface area contributed by atoms with Crippen LogP contribution in [0.15, 0.2) is 16.6 Å². The molecule has 0 aliphatic heterocycles. The quantitative estimate of drug-likeness (QED) is 0.0960. The largest absolute Gasteiger partial charge is 0.598 e. The molecular formula is C23H29BrF8NO5PS2. The Bertz CT molecular complexity index is 1230. The molecule has 0 amide bonds. The zero-order valence-corrected chi connectivity index (χ0v) is 26.6. The Balaban J connectivity index is 2.77. The molecule has 0 fully saturated rings. The average molecular weight is 726 g/mol. The van der Waals surface area contributed by atoms with Gasteiger partial charge in [0.15, 0.2) is 6.04 Å². The zero-order valence-electron chi connectivity index (χ0n) is 22.5. The summed E-state index contributed by atoms with van der Waals surface area (Å²) >= 11 is 1.04. The summed E-state index contributed by atoms with van der Waals surface area (Å²) in [6.07, 6.45) is -11.4. The fourth-order valence-electron chi connectivity index (χ4n) is 3.35. The molecule has 2 unspecified atom stereocenters. The number of thiophene rings is 1. The Morgan fingerprint density at radius 3 is 2.07 bits per heavy atom. The maximum atomic E-state index is 15.7. The number of benzene rings is 1. The zero-order chi connectivity index (χ0) is 31.6. The minimum atomic E-state index is -5.13. The van der Waals surface area contributed by atoms with Gasteiger partial charge in [-0.2, -0.15) is 35.1 Å². The summed E-state index contributed by atoms with van der Waals surface area (Å²) in [6.45, 7) is 5.50. The Labute approximate surface area is 247 Å². The lowest BCUT2D eigenvalue weighted by Gasteiger charge is -2.29. The van der Waals surface area contributed by atoms with E-state index in [-0.39, 0.29) is 10.1 Å². The maximum absolute atomic E-state index is 15.7. The Hall–Kier alpha value is -0.680. The van der Waals surface area contributed by atoms with Crippen molar-refractivity contribution in [3.05, 3.63) is 27.0 Å². The van der Waals surface area contributed by atoms with Crippen molar-refractivity contribution in [1.29, 1.82) is 0 Å². The van der Waals surface area contributed by atoms with Gasteiger partial charge in [-0.1, -0.05) is 0 Å². The van der Waals surface area contributed by atoms with E-state index in [1.165, 1.54) is 34.6 Å². The Morgan fingerprint density at radius 1 is 1.05 bits per heavy atom. The van der Waals surface area contributed by atoms with Gasteiger partial charge in [-0.05, 0) is 74.7 Å². The lowest BCUT2D eigenvalue weighted by molar-refractivity contribution is -0.153. The molecule has 2 rings (SSSR count).